The quantitative estimate of drug-likeness (QED) is 0.619. The summed E-state index contributed by atoms with van der Waals surface area (Å²) >= 11 is 0. The van der Waals surface area contributed by atoms with Crippen LogP contribution in [0.2, 0.25) is 0 Å². The maximum atomic E-state index is 12.9. The molecule has 0 aliphatic rings. The van der Waals surface area contributed by atoms with Crippen molar-refractivity contribution in [3.05, 3.63) is 48.6 Å². The molecule has 0 nitrogen and oxygen atoms in total. The Morgan fingerprint density at radius 1 is 1.38 bits per heavy atom. The van der Waals surface area contributed by atoms with E-state index in [1.807, 2.05) is 37.3 Å². The summed E-state index contributed by atoms with van der Waals surface area (Å²) in [6.07, 6.45) is 2.46. The molecule has 0 spiro atoms. The van der Waals surface area contributed by atoms with Gasteiger partial charge in [-0.25, -0.2) is 4.39 Å². The molecular weight excluding hydrogens is 163 g/mol. The van der Waals surface area contributed by atoms with E-state index < -0.39 is 5.41 Å². The molecule has 0 amide bonds. The van der Waals surface area contributed by atoms with Crippen molar-refractivity contribution in [2.45, 2.75) is 18.8 Å². The molecule has 0 aliphatic carbocycles. The lowest BCUT2D eigenvalue weighted by atomic mass is 9.79. The van der Waals surface area contributed by atoms with Crippen molar-refractivity contribution in [2.24, 2.45) is 0 Å². The molecule has 1 unspecified atom stereocenters. The first-order valence-corrected chi connectivity index (χ1v) is 4.54. The van der Waals surface area contributed by atoms with Gasteiger partial charge in [-0.15, -0.1) is 6.58 Å². The molecule has 0 saturated heterocycles. The number of benzene rings is 1. The number of rotatable bonds is 4. The molecule has 1 aromatic carbocycles. The first-order valence-electron chi connectivity index (χ1n) is 4.54. The molecule has 70 valence electrons. The van der Waals surface area contributed by atoms with Crippen LogP contribution in [0, 0.1) is 0 Å². The van der Waals surface area contributed by atoms with E-state index in [9.17, 15) is 4.39 Å². The van der Waals surface area contributed by atoms with E-state index in [-0.39, 0.29) is 6.67 Å². The van der Waals surface area contributed by atoms with Gasteiger partial charge < -0.3 is 0 Å². The lowest BCUT2D eigenvalue weighted by Gasteiger charge is -2.26. The van der Waals surface area contributed by atoms with Crippen molar-refractivity contribution >= 4 is 0 Å². The van der Waals surface area contributed by atoms with Crippen LogP contribution in [-0.2, 0) is 5.41 Å². The van der Waals surface area contributed by atoms with Crippen LogP contribution < -0.4 is 0 Å². The third kappa shape index (κ3) is 1.80. The summed E-state index contributed by atoms with van der Waals surface area (Å²) in [5, 5.41) is 0. The fraction of sp³-hybridized carbons (Fsp3) is 0.333. The smallest absolute Gasteiger partial charge is 0.102 e. The molecule has 0 N–H and O–H groups in total. The zero-order valence-electron chi connectivity index (χ0n) is 7.96. The number of allylic oxidation sites excluding steroid dienone is 1. The van der Waals surface area contributed by atoms with Crippen LogP contribution in [-0.4, -0.2) is 6.67 Å². The third-order valence-electron chi connectivity index (χ3n) is 2.61. The van der Waals surface area contributed by atoms with Gasteiger partial charge in [0.1, 0.15) is 6.67 Å². The summed E-state index contributed by atoms with van der Waals surface area (Å²) in [4.78, 5) is 0. The van der Waals surface area contributed by atoms with Crippen molar-refractivity contribution < 1.29 is 4.39 Å². The first-order chi connectivity index (χ1) is 6.29. The summed E-state index contributed by atoms with van der Waals surface area (Å²) in [6.45, 7) is 5.31. The van der Waals surface area contributed by atoms with E-state index in [1.165, 1.54) is 0 Å². The van der Waals surface area contributed by atoms with Gasteiger partial charge in [-0.05, 0) is 12.0 Å². The van der Waals surface area contributed by atoms with Crippen molar-refractivity contribution in [3.63, 3.8) is 0 Å². The molecule has 0 saturated carbocycles. The van der Waals surface area contributed by atoms with E-state index in [0.29, 0.717) is 0 Å². The Labute approximate surface area is 79.1 Å². The molecule has 0 fully saturated rings. The highest BCUT2D eigenvalue weighted by Crippen LogP contribution is 2.29. The van der Waals surface area contributed by atoms with E-state index in [1.54, 1.807) is 6.08 Å². The minimum atomic E-state index is -0.485. The first kappa shape index (κ1) is 9.97. The second kappa shape index (κ2) is 4.22. The molecule has 0 aliphatic heterocycles. The highest BCUT2D eigenvalue weighted by molar-refractivity contribution is 5.30. The SMILES string of the molecule is C=CC(CC)(CF)c1ccccc1. The monoisotopic (exact) mass is 178 g/mol. The highest BCUT2D eigenvalue weighted by Gasteiger charge is 2.26. The fourth-order valence-corrected chi connectivity index (χ4v) is 1.46. The molecule has 13 heavy (non-hydrogen) atoms. The Balaban J connectivity index is 3.08. The van der Waals surface area contributed by atoms with Crippen molar-refractivity contribution in [2.75, 3.05) is 6.67 Å². The van der Waals surface area contributed by atoms with E-state index in [4.69, 9.17) is 0 Å². The maximum Gasteiger partial charge on any atom is 0.102 e. The molecule has 0 bridgehead atoms. The van der Waals surface area contributed by atoms with E-state index in [0.717, 1.165) is 12.0 Å². The lowest BCUT2D eigenvalue weighted by molar-refractivity contribution is 0.352. The Hall–Kier alpha value is -1.11. The normalized spacial score (nSPS) is 14.9. The zero-order chi connectivity index (χ0) is 9.73. The van der Waals surface area contributed by atoms with Crippen molar-refractivity contribution in [1.82, 2.24) is 0 Å². The third-order valence-corrected chi connectivity index (χ3v) is 2.61. The van der Waals surface area contributed by atoms with Crippen LogP contribution in [0.5, 0.6) is 0 Å². The number of alkyl halides is 1. The van der Waals surface area contributed by atoms with Gasteiger partial charge in [0.2, 0.25) is 0 Å². The summed E-state index contributed by atoms with van der Waals surface area (Å²) in [5.41, 5.74) is 0.524. The van der Waals surface area contributed by atoms with E-state index in [2.05, 4.69) is 6.58 Å². The van der Waals surface area contributed by atoms with Gasteiger partial charge in [0, 0.05) is 5.41 Å². The number of halogens is 1. The van der Waals surface area contributed by atoms with Gasteiger partial charge in [-0.2, -0.15) is 0 Å². The predicted octanol–water partition coefficient (Wildman–Crippen LogP) is 3.49. The van der Waals surface area contributed by atoms with Gasteiger partial charge >= 0.3 is 0 Å². The topological polar surface area (TPSA) is 0 Å². The number of hydrogen-bond acceptors (Lipinski definition) is 0. The molecule has 1 atom stereocenters. The van der Waals surface area contributed by atoms with Crippen LogP contribution in [0.1, 0.15) is 18.9 Å². The largest absolute Gasteiger partial charge is 0.250 e. The molecular formula is C12H15F. The number of hydrogen-bond donors (Lipinski definition) is 0. The second-order valence-electron chi connectivity index (χ2n) is 3.21. The highest BCUT2D eigenvalue weighted by atomic mass is 19.1. The minimum absolute atomic E-state index is 0.378. The predicted molar refractivity (Wildman–Crippen MR) is 54.6 cm³/mol. The maximum absolute atomic E-state index is 12.9. The van der Waals surface area contributed by atoms with Gasteiger partial charge in [0.05, 0.1) is 0 Å². The average Bonchev–Trinajstić information content (AvgIpc) is 2.23. The fourth-order valence-electron chi connectivity index (χ4n) is 1.46. The summed E-state index contributed by atoms with van der Waals surface area (Å²) in [5.74, 6) is 0. The molecule has 0 radical (unpaired) electrons. The molecule has 1 rings (SSSR count). The van der Waals surface area contributed by atoms with Crippen LogP contribution in [0.15, 0.2) is 43.0 Å². The Kier molecular flexibility index (Phi) is 3.24. The molecule has 1 aromatic rings. The van der Waals surface area contributed by atoms with Crippen LogP contribution in [0.25, 0.3) is 0 Å². The standard InChI is InChI=1S/C12H15F/c1-3-12(4-2,10-13)11-8-6-5-7-9-11/h3,5-9H,1,4,10H2,2H3. The minimum Gasteiger partial charge on any atom is -0.250 e. The van der Waals surface area contributed by atoms with Crippen molar-refractivity contribution in [1.29, 1.82) is 0 Å². The summed E-state index contributed by atoms with van der Waals surface area (Å²) in [7, 11) is 0. The van der Waals surface area contributed by atoms with Crippen LogP contribution in [0.3, 0.4) is 0 Å². The molecule has 0 aromatic heterocycles. The Bertz CT molecular complexity index is 260. The Morgan fingerprint density at radius 3 is 2.38 bits per heavy atom. The lowest BCUT2D eigenvalue weighted by Crippen LogP contribution is -2.24. The molecule has 0 heterocycles. The average molecular weight is 178 g/mol. The van der Waals surface area contributed by atoms with Crippen molar-refractivity contribution in [3.8, 4) is 0 Å². The summed E-state index contributed by atoms with van der Waals surface area (Å²) in [6, 6.07) is 9.69. The van der Waals surface area contributed by atoms with Gasteiger partial charge in [0.25, 0.3) is 0 Å². The van der Waals surface area contributed by atoms with Gasteiger partial charge in [-0.3, -0.25) is 0 Å². The van der Waals surface area contributed by atoms with Gasteiger partial charge in [0.15, 0.2) is 0 Å². The Morgan fingerprint density at radius 2 is 2.00 bits per heavy atom. The van der Waals surface area contributed by atoms with Crippen LogP contribution >= 0.6 is 0 Å². The van der Waals surface area contributed by atoms with E-state index >= 15 is 0 Å². The molecule has 1 heteroatoms. The second-order valence-corrected chi connectivity index (χ2v) is 3.21. The van der Waals surface area contributed by atoms with Gasteiger partial charge in [-0.1, -0.05) is 43.3 Å². The summed E-state index contributed by atoms with van der Waals surface area (Å²) < 4.78 is 12.9. The zero-order valence-corrected chi connectivity index (χ0v) is 7.96. The van der Waals surface area contributed by atoms with Crippen LogP contribution in [0.4, 0.5) is 4.39 Å².